The van der Waals surface area contributed by atoms with E-state index < -0.39 is 0 Å². The first-order chi connectivity index (χ1) is 9.60. The van der Waals surface area contributed by atoms with E-state index in [-0.39, 0.29) is 6.04 Å². The topological polar surface area (TPSA) is 21.3 Å². The second-order valence-electron chi connectivity index (χ2n) is 5.31. The second-order valence-corrected chi connectivity index (χ2v) is 5.31. The lowest BCUT2D eigenvalue weighted by molar-refractivity contribution is 0.273. The Kier molecular flexibility index (Phi) is 4.80. The van der Waals surface area contributed by atoms with Gasteiger partial charge in [0.1, 0.15) is 12.4 Å². The molecule has 0 amide bonds. The van der Waals surface area contributed by atoms with Crippen LogP contribution in [0.5, 0.6) is 5.75 Å². The van der Waals surface area contributed by atoms with E-state index in [1.54, 1.807) is 0 Å². The Balaban J connectivity index is 2.03. The van der Waals surface area contributed by atoms with Gasteiger partial charge >= 0.3 is 0 Å². The molecule has 1 unspecified atom stereocenters. The van der Waals surface area contributed by atoms with E-state index >= 15 is 0 Å². The van der Waals surface area contributed by atoms with Gasteiger partial charge in [-0.1, -0.05) is 35.9 Å². The van der Waals surface area contributed by atoms with Crippen molar-refractivity contribution >= 4 is 0 Å². The summed E-state index contributed by atoms with van der Waals surface area (Å²) in [7, 11) is 1.97. The van der Waals surface area contributed by atoms with Gasteiger partial charge in [-0.05, 0) is 56.6 Å². The maximum absolute atomic E-state index is 5.92. The molecule has 0 aliphatic carbocycles. The summed E-state index contributed by atoms with van der Waals surface area (Å²) < 4.78 is 5.92. The third-order valence-electron chi connectivity index (χ3n) is 3.72. The van der Waals surface area contributed by atoms with E-state index in [9.17, 15) is 0 Å². The van der Waals surface area contributed by atoms with Crippen molar-refractivity contribution in [3.05, 3.63) is 64.7 Å². The van der Waals surface area contributed by atoms with Crippen LogP contribution in [0.25, 0.3) is 0 Å². The zero-order valence-electron chi connectivity index (χ0n) is 12.7. The van der Waals surface area contributed by atoms with Crippen LogP contribution < -0.4 is 10.1 Å². The number of aryl methyl sites for hydroxylation is 3. The van der Waals surface area contributed by atoms with Gasteiger partial charge in [-0.15, -0.1) is 0 Å². The quantitative estimate of drug-likeness (QED) is 0.887. The minimum absolute atomic E-state index is 0.206. The van der Waals surface area contributed by atoms with Gasteiger partial charge in [0.15, 0.2) is 0 Å². The van der Waals surface area contributed by atoms with Gasteiger partial charge in [0.25, 0.3) is 0 Å². The number of benzene rings is 2. The van der Waals surface area contributed by atoms with E-state index in [2.05, 4.69) is 62.5 Å². The standard InChI is InChI=1S/C18H23NO/c1-13-5-8-16(9-6-13)18(19-4)12-20-17-10-7-14(2)15(3)11-17/h5-11,18-19H,12H2,1-4H3. The largest absolute Gasteiger partial charge is 0.492 e. The molecule has 0 radical (unpaired) electrons. The number of hydrogen-bond donors (Lipinski definition) is 1. The molecule has 0 saturated heterocycles. The van der Waals surface area contributed by atoms with E-state index in [1.165, 1.54) is 22.3 Å². The molecular formula is C18H23NO. The van der Waals surface area contributed by atoms with E-state index in [0.29, 0.717) is 6.61 Å². The van der Waals surface area contributed by atoms with Crippen LogP contribution in [0, 0.1) is 20.8 Å². The highest BCUT2D eigenvalue weighted by atomic mass is 16.5. The van der Waals surface area contributed by atoms with Crippen LogP contribution in [0.2, 0.25) is 0 Å². The Morgan fingerprint density at radius 2 is 1.65 bits per heavy atom. The molecule has 0 heterocycles. The first kappa shape index (κ1) is 14.6. The molecule has 2 nitrogen and oxygen atoms in total. The van der Waals surface area contributed by atoms with Gasteiger partial charge in [-0.3, -0.25) is 0 Å². The third kappa shape index (κ3) is 3.61. The summed E-state index contributed by atoms with van der Waals surface area (Å²) in [5.41, 5.74) is 5.08. The van der Waals surface area contributed by atoms with Crippen molar-refractivity contribution in [2.75, 3.05) is 13.7 Å². The number of rotatable bonds is 5. The summed E-state index contributed by atoms with van der Waals surface area (Å²) in [6.07, 6.45) is 0. The fraction of sp³-hybridized carbons (Fsp3) is 0.333. The maximum Gasteiger partial charge on any atom is 0.119 e. The molecule has 0 spiro atoms. The molecule has 0 saturated carbocycles. The summed E-state index contributed by atoms with van der Waals surface area (Å²) in [5, 5.41) is 3.31. The van der Waals surface area contributed by atoms with Crippen LogP contribution >= 0.6 is 0 Å². The summed E-state index contributed by atoms with van der Waals surface area (Å²) in [6.45, 7) is 6.95. The fourth-order valence-electron chi connectivity index (χ4n) is 2.13. The lowest BCUT2D eigenvalue weighted by atomic mass is 10.1. The van der Waals surface area contributed by atoms with Crippen molar-refractivity contribution in [3.63, 3.8) is 0 Å². The lowest BCUT2D eigenvalue weighted by Gasteiger charge is -2.18. The summed E-state index contributed by atoms with van der Waals surface area (Å²) in [6, 6.07) is 15.0. The number of ether oxygens (including phenoxy) is 1. The molecule has 106 valence electrons. The maximum atomic E-state index is 5.92. The Bertz CT molecular complexity index is 560. The molecule has 2 aromatic rings. The van der Waals surface area contributed by atoms with Gasteiger partial charge in [0.05, 0.1) is 6.04 Å². The smallest absolute Gasteiger partial charge is 0.119 e. The Morgan fingerprint density at radius 1 is 0.950 bits per heavy atom. The normalized spacial score (nSPS) is 12.2. The SMILES string of the molecule is CNC(COc1ccc(C)c(C)c1)c1ccc(C)cc1. The summed E-state index contributed by atoms with van der Waals surface area (Å²) >= 11 is 0. The molecule has 1 N–H and O–H groups in total. The molecule has 2 heteroatoms. The van der Waals surface area contributed by atoms with Crippen molar-refractivity contribution in [3.8, 4) is 5.75 Å². The van der Waals surface area contributed by atoms with Crippen LogP contribution in [-0.2, 0) is 0 Å². The van der Waals surface area contributed by atoms with E-state index in [1.807, 2.05) is 13.1 Å². The highest BCUT2D eigenvalue weighted by Gasteiger charge is 2.10. The van der Waals surface area contributed by atoms with Gasteiger partial charge in [-0.25, -0.2) is 0 Å². The second kappa shape index (κ2) is 6.58. The molecule has 0 aliphatic rings. The predicted molar refractivity (Wildman–Crippen MR) is 84.4 cm³/mol. The van der Waals surface area contributed by atoms with Crippen LogP contribution in [0.3, 0.4) is 0 Å². The van der Waals surface area contributed by atoms with Crippen molar-refractivity contribution in [2.45, 2.75) is 26.8 Å². The Morgan fingerprint density at radius 3 is 2.25 bits per heavy atom. The van der Waals surface area contributed by atoms with Crippen molar-refractivity contribution < 1.29 is 4.74 Å². The Hall–Kier alpha value is -1.80. The van der Waals surface area contributed by atoms with Crippen molar-refractivity contribution in [1.29, 1.82) is 0 Å². The average Bonchev–Trinajstić information content (AvgIpc) is 2.45. The predicted octanol–water partition coefficient (Wildman–Crippen LogP) is 3.95. The van der Waals surface area contributed by atoms with Gasteiger partial charge in [-0.2, -0.15) is 0 Å². The van der Waals surface area contributed by atoms with Crippen LogP contribution in [0.4, 0.5) is 0 Å². The zero-order chi connectivity index (χ0) is 14.5. The molecule has 0 aromatic heterocycles. The first-order valence-electron chi connectivity index (χ1n) is 7.04. The fourth-order valence-corrected chi connectivity index (χ4v) is 2.13. The molecular weight excluding hydrogens is 246 g/mol. The van der Waals surface area contributed by atoms with Crippen molar-refractivity contribution in [2.24, 2.45) is 0 Å². The molecule has 0 fully saturated rings. The monoisotopic (exact) mass is 269 g/mol. The van der Waals surface area contributed by atoms with E-state index in [0.717, 1.165) is 5.75 Å². The third-order valence-corrected chi connectivity index (χ3v) is 3.72. The molecule has 20 heavy (non-hydrogen) atoms. The number of likely N-dealkylation sites (N-methyl/N-ethyl adjacent to an activating group) is 1. The lowest BCUT2D eigenvalue weighted by Crippen LogP contribution is -2.23. The molecule has 0 bridgehead atoms. The van der Waals surface area contributed by atoms with Gasteiger partial charge in [0.2, 0.25) is 0 Å². The molecule has 1 atom stereocenters. The first-order valence-corrected chi connectivity index (χ1v) is 7.04. The highest BCUT2D eigenvalue weighted by Crippen LogP contribution is 2.19. The molecule has 0 aliphatic heterocycles. The van der Waals surface area contributed by atoms with Crippen LogP contribution in [-0.4, -0.2) is 13.7 Å². The van der Waals surface area contributed by atoms with Crippen molar-refractivity contribution in [1.82, 2.24) is 5.32 Å². The van der Waals surface area contributed by atoms with Gasteiger partial charge in [0, 0.05) is 0 Å². The Labute approximate surface area is 121 Å². The number of hydrogen-bond acceptors (Lipinski definition) is 2. The average molecular weight is 269 g/mol. The van der Waals surface area contributed by atoms with Crippen LogP contribution in [0.15, 0.2) is 42.5 Å². The number of nitrogens with one attached hydrogen (secondary N) is 1. The summed E-state index contributed by atoms with van der Waals surface area (Å²) in [4.78, 5) is 0. The molecule has 2 aromatic carbocycles. The van der Waals surface area contributed by atoms with E-state index in [4.69, 9.17) is 4.74 Å². The summed E-state index contributed by atoms with van der Waals surface area (Å²) in [5.74, 6) is 0.931. The minimum Gasteiger partial charge on any atom is -0.492 e. The highest BCUT2D eigenvalue weighted by molar-refractivity contribution is 5.34. The molecule has 2 rings (SSSR count). The minimum atomic E-state index is 0.206. The van der Waals surface area contributed by atoms with Crippen LogP contribution in [0.1, 0.15) is 28.3 Å². The van der Waals surface area contributed by atoms with Gasteiger partial charge < -0.3 is 10.1 Å². The zero-order valence-corrected chi connectivity index (χ0v) is 12.7.